The normalized spacial score (nSPS) is 14.6. The number of hydrogen-bond acceptors (Lipinski definition) is 3. The number of nitrogens with zero attached hydrogens (tertiary/aromatic N) is 1. The molecule has 1 heterocycles. The van der Waals surface area contributed by atoms with Gasteiger partial charge in [0.1, 0.15) is 0 Å². The quantitative estimate of drug-likeness (QED) is 0.898. The van der Waals surface area contributed by atoms with Crippen LogP contribution in [0.2, 0.25) is 0 Å². The molecule has 5 nitrogen and oxygen atoms in total. The monoisotopic (exact) mass is 269 g/mol. The Morgan fingerprint density at radius 1 is 1.44 bits per heavy atom. The SMILES string of the molecule is CCCS(=O)(=O)N1CCc2ccc(C(=O)O)cc21. The summed E-state index contributed by atoms with van der Waals surface area (Å²) in [4.78, 5) is 10.9. The van der Waals surface area contributed by atoms with Crippen LogP contribution in [0, 0.1) is 0 Å². The van der Waals surface area contributed by atoms with Crippen molar-refractivity contribution in [3.63, 3.8) is 0 Å². The molecule has 0 atom stereocenters. The number of sulfonamides is 1. The van der Waals surface area contributed by atoms with E-state index in [1.165, 1.54) is 16.4 Å². The molecule has 1 aromatic carbocycles. The summed E-state index contributed by atoms with van der Waals surface area (Å²) >= 11 is 0. The molecule has 6 heteroatoms. The van der Waals surface area contributed by atoms with Crippen LogP contribution in [0.1, 0.15) is 29.3 Å². The van der Waals surface area contributed by atoms with Gasteiger partial charge >= 0.3 is 5.97 Å². The largest absolute Gasteiger partial charge is 0.478 e. The zero-order valence-electron chi connectivity index (χ0n) is 10.1. The maximum atomic E-state index is 12.1. The highest BCUT2D eigenvalue weighted by molar-refractivity contribution is 7.92. The van der Waals surface area contributed by atoms with E-state index in [9.17, 15) is 13.2 Å². The molecular formula is C12H15NO4S. The second-order valence-corrected chi connectivity index (χ2v) is 6.30. The number of benzene rings is 1. The number of rotatable bonds is 4. The van der Waals surface area contributed by atoms with Gasteiger partial charge in [0.05, 0.1) is 17.0 Å². The predicted molar refractivity (Wildman–Crippen MR) is 68.5 cm³/mol. The highest BCUT2D eigenvalue weighted by Gasteiger charge is 2.29. The van der Waals surface area contributed by atoms with Crippen LogP contribution in [0.3, 0.4) is 0 Å². The standard InChI is InChI=1S/C12H15NO4S/c1-2-7-18(16,17)13-6-5-9-3-4-10(12(14)15)8-11(9)13/h3-4,8H,2,5-7H2,1H3,(H,14,15). The first-order valence-electron chi connectivity index (χ1n) is 5.82. The van der Waals surface area contributed by atoms with Crippen LogP contribution in [0.15, 0.2) is 18.2 Å². The molecule has 1 N–H and O–H groups in total. The topological polar surface area (TPSA) is 74.7 Å². The third-order valence-electron chi connectivity index (χ3n) is 2.98. The van der Waals surface area contributed by atoms with Crippen LogP contribution in [-0.4, -0.2) is 31.8 Å². The van der Waals surface area contributed by atoms with Crippen molar-refractivity contribution in [1.82, 2.24) is 0 Å². The lowest BCUT2D eigenvalue weighted by molar-refractivity contribution is 0.0697. The Kier molecular flexibility index (Phi) is 3.30. The zero-order valence-corrected chi connectivity index (χ0v) is 10.9. The van der Waals surface area contributed by atoms with E-state index in [0.717, 1.165) is 5.56 Å². The molecule has 0 saturated carbocycles. The Morgan fingerprint density at radius 3 is 2.78 bits per heavy atom. The van der Waals surface area contributed by atoms with Crippen LogP contribution in [0.5, 0.6) is 0 Å². The highest BCUT2D eigenvalue weighted by atomic mass is 32.2. The number of carboxylic acid groups (broad SMARTS) is 1. The summed E-state index contributed by atoms with van der Waals surface area (Å²) in [6.45, 7) is 2.21. The maximum absolute atomic E-state index is 12.1. The Bertz CT molecular complexity index is 580. The van der Waals surface area contributed by atoms with E-state index in [2.05, 4.69) is 0 Å². The molecule has 0 amide bonds. The first-order chi connectivity index (χ1) is 8.45. The molecule has 18 heavy (non-hydrogen) atoms. The van der Waals surface area contributed by atoms with E-state index in [0.29, 0.717) is 25.1 Å². The molecule has 0 aromatic heterocycles. The smallest absolute Gasteiger partial charge is 0.335 e. The second-order valence-electron chi connectivity index (χ2n) is 4.29. The zero-order chi connectivity index (χ0) is 13.3. The summed E-state index contributed by atoms with van der Waals surface area (Å²) in [5.41, 5.74) is 1.52. The second kappa shape index (κ2) is 4.61. The molecule has 0 fully saturated rings. The Hall–Kier alpha value is -1.56. The first kappa shape index (κ1) is 12.9. The Labute approximate surface area is 106 Å². The Morgan fingerprint density at radius 2 is 2.17 bits per heavy atom. The van der Waals surface area contributed by atoms with E-state index in [4.69, 9.17) is 5.11 Å². The highest BCUT2D eigenvalue weighted by Crippen LogP contribution is 2.31. The minimum atomic E-state index is -3.33. The summed E-state index contributed by atoms with van der Waals surface area (Å²) < 4.78 is 25.4. The molecule has 1 aliphatic heterocycles. The van der Waals surface area contributed by atoms with Gasteiger partial charge < -0.3 is 5.11 Å². The summed E-state index contributed by atoms with van der Waals surface area (Å²) in [6, 6.07) is 4.65. The van der Waals surface area contributed by atoms with E-state index in [-0.39, 0.29) is 11.3 Å². The van der Waals surface area contributed by atoms with Gasteiger partial charge in [-0.3, -0.25) is 4.31 Å². The lowest BCUT2D eigenvalue weighted by atomic mass is 10.1. The number of carboxylic acids is 1. The molecular weight excluding hydrogens is 254 g/mol. The van der Waals surface area contributed by atoms with Crippen molar-refractivity contribution in [2.45, 2.75) is 19.8 Å². The number of fused-ring (bicyclic) bond motifs is 1. The van der Waals surface area contributed by atoms with Crippen molar-refractivity contribution in [1.29, 1.82) is 0 Å². The fraction of sp³-hybridized carbons (Fsp3) is 0.417. The number of aromatic carboxylic acids is 1. The van der Waals surface area contributed by atoms with Crippen molar-refractivity contribution in [2.24, 2.45) is 0 Å². The molecule has 0 saturated heterocycles. The average Bonchev–Trinajstić information content (AvgIpc) is 2.71. The van der Waals surface area contributed by atoms with Crippen LogP contribution in [0.25, 0.3) is 0 Å². The molecule has 0 spiro atoms. The van der Waals surface area contributed by atoms with Crippen molar-refractivity contribution in [3.05, 3.63) is 29.3 Å². The molecule has 1 aliphatic rings. The summed E-state index contributed by atoms with van der Waals surface area (Å²) in [5.74, 6) is -0.957. The number of hydrogen-bond donors (Lipinski definition) is 1. The van der Waals surface area contributed by atoms with Crippen molar-refractivity contribution in [2.75, 3.05) is 16.6 Å². The molecule has 2 rings (SSSR count). The van der Waals surface area contributed by atoms with Crippen LogP contribution >= 0.6 is 0 Å². The van der Waals surface area contributed by atoms with Crippen molar-refractivity contribution < 1.29 is 18.3 Å². The van der Waals surface area contributed by atoms with E-state index in [1.54, 1.807) is 6.07 Å². The summed E-state index contributed by atoms with van der Waals surface area (Å²) in [5, 5.41) is 8.94. The van der Waals surface area contributed by atoms with Gasteiger partial charge in [-0.1, -0.05) is 13.0 Å². The number of anilines is 1. The molecule has 0 aliphatic carbocycles. The molecule has 0 unspecified atom stereocenters. The average molecular weight is 269 g/mol. The van der Waals surface area contributed by atoms with Crippen molar-refractivity contribution in [3.8, 4) is 0 Å². The van der Waals surface area contributed by atoms with Gasteiger partial charge in [0.2, 0.25) is 10.0 Å². The summed E-state index contributed by atoms with van der Waals surface area (Å²) in [6.07, 6.45) is 1.19. The minimum absolute atomic E-state index is 0.0870. The third kappa shape index (κ3) is 2.20. The van der Waals surface area contributed by atoms with Crippen LogP contribution in [-0.2, 0) is 16.4 Å². The molecule has 0 radical (unpaired) electrons. The number of carbonyl (C=O) groups is 1. The van der Waals surface area contributed by atoms with Gasteiger partial charge in [-0.25, -0.2) is 13.2 Å². The van der Waals surface area contributed by atoms with Crippen LogP contribution < -0.4 is 4.31 Å². The third-order valence-corrected chi connectivity index (χ3v) is 4.96. The fourth-order valence-electron chi connectivity index (χ4n) is 2.14. The first-order valence-corrected chi connectivity index (χ1v) is 7.43. The van der Waals surface area contributed by atoms with Gasteiger partial charge in [-0.15, -0.1) is 0 Å². The van der Waals surface area contributed by atoms with E-state index >= 15 is 0 Å². The molecule has 1 aromatic rings. The van der Waals surface area contributed by atoms with Crippen molar-refractivity contribution >= 4 is 21.7 Å². The van der Waals surface area contributed by atoms with E-state index < -0.39 is 16.0 Å². The minimum Gasteiger partial charge on any atom is -0.478 e. The maximum Gasteiger partial charge on any atom is 0.335 e. The summed E-state index contributed by atoms with van der Waals surface area (Å²) in [7, 11) is -3.33. The fourth-order valence-corrected chi connectivity index (χ4v) is 3.72. The van der Waals surface area contributed by atoms with Gasteiger partial charge in [-0.05, 0) is 30.5 Å². The van der Waals surface area contributed by atoms with Gasteiger partial charge in [-0.2, -0.15) is 0 Å². The lowest BCUT2D eigenvalue weighted by Gasteiger charge is -2.19. The molecule has 98 valence electrons. The van der Waals surface area contributed by atoms with E-state index in [1.807, 2.05) is 6.92 Å². The van der Waals surface area contributed by atoms with Gasteiger partial charge in [0.15, 0.2) is 0 Å². The van der Waals surface area contributed by atoms with Crippen LogP contribution in [0.4, 0.5) is 5.69 Å². The Balaban J connectivity index is 2.43. The van der Waals surface area contributed by atoms with Gasteiger partial charge in [0.25, 0.3) is 0 Å². The molecule has 0 bridgehead atoms. The lowest BCUT2D eigenvalue weighted by Crippen LogP contribution is -2.31. The van der Waals surface area contributed by atoms with Gasteiger partial charge in [0, 0.05) is 6.54 Å². The predicted octanol–water partition coefficient (Wildman–Crippen LogP) is 1.49.